The van der Waals surface area contributed by atoms with Crippen LogP contribution in [0, 0.1) is 5.82 Å². The van der Waals surface area contributed by atoms with Gasteiger partial charge in [-0.25, -0.2) is 4.39 Å². The largest absolute Gasteiger partial charge is 0.306 e. The Labute approximate surface area is 191 Å². The minimum absolute atomic E-state index is 0. The highest BCUT2D eigenvalue weighted by molar-refractivity contribution is 6.31. The van der Waals surface area contributed by atoms with Crippen LogP contribution in [0.25, 0.3) is 5.69 Å². The van der Waals surface area contributed by atoms with Crippen molar-refractivity contribution >= 4 is 35.6 Å². The van der Waals surface area contributed by atoms with E-state index in [0.29, 0.717) is 12.5 Å². The molecule has 5 rings (SSSR count). The second kappa shape index (κ2) is 8.83. The van der Waals surface area contributed by atoms with Crippen molar-refractivity contribution < 1.29 is 4.39 Å². The molecule has 8 heteroatoms. The number of rotatable bonds is 2. The van der Waals surface area contributed by atoms with Crippen LogP contribution < -0.4 is 5.32 Å². The zero-order valence-corrected chi connectivity index (χ0v) is 18.6. The van der Waals surface area contributed by atoms with Crippen LogP contribution in [0.15, 0.2) is 36.4 Å². The first-order chi connectivity index (χ1) is 14.1. The Kier molecular flexibility index (Phi) is 6.35. The molecule has 0 spiro atoms. The first kappa shape index (κ1) is 21.6. The summed E-state index contributed by atoms with van der Waals surface area (Å²) in [5.74, 6) is 2.21. The van der Waals surface area contributed by atoms with Gasteiger partial charge in [0.2, 0.25) is 0 Å². The van der Waals surface area contributed by atoms with Crippen molar-refractivity contribution in [2.75, 3.05) is 0 Å². The van der Waals surface area contributed by atoms with Gasteiger partial charge in [-0.3, -0.25) is 4.57 Å². The third-order valence-electron chi connectivity index (χ3n) is 6.15. The molecule has 30 heavy (non-hydrogen) atoms. The second-order valence-corrected chi connectivity index (χ2v) is 8.69. The summed E-state index contributed by atoms with van der Waals surface area (Å²) >= 11 is 12.4. The van der Waals surface area contributed by atoms with Crippen molar-refractivity contribution in [2.24, 2.45) is 0 Å². The fourth-order valence-electron chi connectivity index (χ4n) is 4.69. The predicted octanol–water partition coefficient (Wildman–Crippen LogP) is 6.18. The lowest BCUT2D eigenvalue weighted by molar-refractivity contribution is 0.381. The molecule has 0 atom stereocenters. The van der Waals surface area contributed by atoms with E-state index >= 15 is 0 Å². The molecule has 2 aromatic carbocycles. The molecule has 0 radical (unpaired) electrons. The Morgan fingerprint density at radius 2 is 1.73 bits per heavy atom. The van der Waals surface area contributed by atoms with Gasteiger partial charge in [0.1, 0.15) is 11.6 Å². The molecule has 1 saturated carbocycles. The Balaban J connectivity index is 0.00000218. The first-order valence-electron chi connectivity index (χ1n) is 9.99. The molecule has 1 aliphatic heterocycles. The maximum absolute atomic E-state index is 13.9. The van der Waals surface area contributed by atoms with Crippen LogP contribution >= 0.6 is 35.6 Å². The van der Waals surface area contributed by atoms with E-state index in [-0.39, 0.29) is 29.2 Å². The molecule has 0 bridgehead atoms. The minimum Gasteiger partial charge on any atom is -0.306 e. The highest BCUT2D eigenvalue weighted by atomic mass is 35.5. The van der Waals surface area contributed by atoms with E-state index in [1.165, 1.54) is 6.07 Å². The predicted molar refractivity (Wildman–Crippen MR) is 120 cm³/mol. The quantitative estimate of drug-likeness (QED) is 0.489. The van der Waals surface area contributed by atoms with Crippen LogP contribution in [0.3, 0.4) is 0 Å². The smallest absolute Gasteiger partial charge is 0.151 e. The van der Waals surface area contributed by atoms with Gasteiger partial charge >= 0.3 is 0 Å². The summed E-state index contributed by atoms with van der Waals surface area (Å²) in [6.45, 7) is 1.43. The molecule has 0 amide bonds. The van der Waals surface area contributed by atoms with Gasteiger partial charge in [-0.1, -0.05) is 35.3 Å². The van der Waals surface area contributed by atoms with Gasteiger partial charge in [0.25, 0.3) is 0 Å². The molecule has 0 unspecified atom stereocenters. The molecule has 4 nitrogen and oxygen atoms in total. The van der Waals surface area contributed by atoms with Crippen LogP contribution in [-0.4, -0.2) is 14.8 Å². The van der Waals surface area contributed by atoms with Crippen LogP contribution in [0.2, 0.25) is 10.0 Å². The van der Waals surface area contributed by atoms with Crippen LogP contribution in [-0.2, 0) is 13.1 Å². The summed E-state index contributed by atoms with van der Waals surface area (Å²) in [6, 6.07) is 11.1. The van der Waals surface area contributed by atoms with Gasteiger partial charge in [0, 0.05) is 17.5 Å². The third-order valence-corrected chi connectivity index (χ3v) is 6.78. The van der Waals surface area contributed by atoms with Crippen molar-refractivity contribution in [1.29, 1.82) is 0 Å². The Bertz CT molecular complexity index is 1060. The van der Waals surface area contributed by atoms with E-state index in [0.717, 1.165) is 65.7 Å². The number of nitrogens with one attached hydrogen (secondary N) is 1. The fraction of sp³-hybridized carbons (Fsp3) is 0.364. The highest BCUT2D eigenvalue weighted by Crippen LogP contribution is 2.43. The van der Waals surface area contributed by atoms with Gasteiger partial charge in [-0.05, 0) is 67.0 Å². The zero-order chi connectivity index (χ0) is 20.0. The minimum atomic E-state index is -0.336. The molecule has 3 aromatic rings. The van der Waals surface area contributed by atoms with E-state index in [4.69, 9.17) is 23.2 Å². The van der Waals surface area contributed by atoms with Gasteiger partial charge in [-0.15, -0.1) is 22.6 Å². The molecule has 1 aliphatic carbocycles. The standard InChI is InChI=1S/C22H21Cl2FN4.ClH/c23-16-8-9-19-15(10-16)11-26-12-20-27-28-22(29(19)20)14-6-4-13(5-7-14)17-2-1-3-18(25)21(17)24;/h1-3,8-10,13-14,26H,4-7,11-12H2;1H. The van der Waals surface area contributed by atoms with Crippen molar-refractivity contribution in [2.45, 2.75) is 50.6 Å². The summed E-state index contributed by atoms with van der Waals surface area (Å²) < 4.78 is 16.1. The van der Waals surface area contributed by atoms with Crippen molar-refractivity contribution in [1.82, 2.24) is 20.1 Å². The fourth-order valence-corrected chi connectivity index (χ4v) is 5.17. The maximum Gasteiger partial charge on any atom is 0.151 e. The van der Waals surface area contributed by atoms with E-state index in [9.17, 15) is 4.39 Å². The molecule has 158 valence electrons. The van der Waals surface area contributed by atoms with Gasteiger partial charge in [0.05, 0.1) is 17.3 Å². The lowest BCUT2D eigenvalue weighted by atomic mass is 9.78. The highest BCUT2D eigenvalue weighted by Gasteiger charge is 2.30. The van der Waals surface area contributed by atoms with Crippen molar-refractivity contribution in [3.63, 3.8) is 0 Å². The average Bonchev–Trinajstić information content (AvgIpc) is 3.06. The summed E-state index contributed by atoms with van der Waals surface area (Å²) in [7, 11) is 0. The summed E-state index contributed by atoms with van der Waals surface area (Å²) in [5.41, 5.74) is 3.18. The number of aromatic nitrogens is 3. The van der Waals surface area contributed by atoms with Crippen molar-refractivity contribution in [3.8, 4) is 5.69 Å². The van der Waals surface area contributed by atoms with Gasteiger partial charge < -0.3 is 5.32 Å². The third kappa shape index (κ3) is 3.84. The molecule has 2 aliphatic rings. The number of hydrogen-bond donors (Lipinski definition) is 1. The Hall–Kier alpha value is -1.66. The molecule has 2 heterocycles. The lowest BCUT2D eigenvalue weighted by Gasteiger charge is -2.29. The Morgan fingerprint density at radius 1 is 0.967 bits per heavy atom. The Morgan fingerprint density at radius 3 is 2.53 bits per heavy atom. The second-order valence-electron chi connectivity index (χ2n) is 7.88. The average molecular weight is 468 g/mol. The monoisotopic (exact) mass is 466 g/mol. The number of nitrogens with zero attached hydrogens (tertiary/aromatic N) is 3. The van der Waals surface area contributed by atoms with E-state index in [2.05, 4.69) is 26.1 Å². The van der Waals surface area contributed by atoms with E-state index in [1.54, 1.807) is 6.07 Å². The number of hydrogen-bond acceptors (Lipinski definition) is 3. The number of fused-ring (bicyclic) bond motifs is 3. The van der Waals surface area contributed by atoms with Gasteiger partial charge in [-0.2, -0.15) is 0 Å². The first-order valence-corrected chi connectivity index (χ1v) is 10.7. The SMILES string of the molecule is Cl.Fc1cccc(C2CCC(c3nnc4n3-c3ccc(Cl)cc3CNC4)CC2)c1Cl. The molecule has 1 N–H and O–H groups in total. The van der Waals surface area contributed by atoms with Crippen LogP contribution in [0.1, 0.15) is 60.3 Å². The summed E-state index contributed by atoms with van der Waals surface area (Å²) in [5, 5.41) is 13.4. The number of halogens is 4. The normalized spacial score (nSPS) is 20.6. The molecular weight excluding hydrogens is 446 g/mol. The lowest BCUT2D eigenvalue weighted by Crippen LogP contribution is -2.17. The van der Waals surface area contributed by atoms with Crippen LogP contribution in [0.5, 0.6) is 0 Å². The zero-order valence-electron chi connectivity index (χ0n) is 16.2. The topological polar surface area (TPSA) is 42.7 Å². The maximum atomic E-state index is 13.9. The summed E-state index contributed by atoms with van der Waals surface area (Å²) in [4.78, 5) is 0. The van der Waals surface area contributed by atoms with Crippen LogP contribution in [0.4, 0.5) is 4.39 Å². The molecule has 1 fully saturated rings. The molecule has 1 aromatic heterocycles. The van der Waals surface area contributed by atoms with E-state index < -0.39 is 0 Å². The van der Waals surface area contributed by atoms with Crippen molar-refractivity contribution in [3.05, 3.63) is 75.0 Å². The van der Waals surface area contributed by atoms with E-state index in [1.807, 2.05) is 18.2 Å². The summed E-state index contributed by atoms with van der Waals surface area (Å²) in [6.07, 6.45) is 3.88. The van der Waals surface area contributed by atoms with Gasteiger partial charge in [0.15, 0.2) is 5.82 Å². The molecule has 0 saturated heterocycles. The molecular formula is C22H22Cl3FN4. The number of benzene rings is 2.